The molecule has 6 nitrogen and oxygen atoms in total. The smallest absolute Gasteiger partial charge is 0.245 e. The molecule has 1 amide bonds. The summed E-state index contributed by atoms with van der Waals surface area (Å²) in [7, 11) is 0. The number of hydrogen-bond donors (Lipinski definition) is 1. The highest BCUT2D eigenvalue weighted by atomic mass is 35.5. The average molecular weight is 303 g/mol. The molecule has 1 saturated heterocycles. The van der Waals surface area contributed by atoms with Crippen LogP contribution in [0.5, 0.6) is 0 Å². The Morgan fingerprint density at radius 2 is 2.40 bits per heavy atom. The standard InChI is InChI=1S/C12H16ClFN4O2/c1-7(2)16-11(19)9-6-20-4-3-18(9)10-8(14)5-15-12(13)17-10/h5,7,9H,3-4,6H2,1-2H3,(H,16,19). The topological polar surface area (TPSA) is 67.3 Å². The van der Waals surface area contributed by atoms with Gasteiger partial charge in [0.05, 0.1) is 19.4 Å². The van der Waals surface area contributed by atoms with Gasteiger partial charge in [0.15, 0.2) is 11.6 Å². The molecule has 0 aromatic carbocycles. The number of ether oxygens (including phenoxy) is 1. The Bertz CT molecular complexity index is 500. The molecule has 1 aliphatic rings. The number of carbonyl (C=O) groups excluding carboxylic acids is 1. The first-order chi connectivity index (χ1) is 9.49. The van der Waals surface area contributed by atoms with Gasteiger partial charge in [-0.2, -0.15) is 4.98 Å². The van der Waals surface area contributed by atoms with E-state index in [9.17, 15) is 9.18 Å². The third-order valence-corrected chi connectivity index (χ3v) is 3.01. The molecule has 1 fully saturated rings. The first kappa shape index (κ1) is 14.9. The van der Waals surface area contributed by atoms with Gasteiger partial charge in [-0.15, -0.1) is 0 Å². The van der Waals surface area contributed by atoms with Gasteiger partial charge in [0.25, 0.3) is 0 Å². The van der Waals surface area contributed by atoms with Gasteiger partial charge in [0.2, 0.25) is 11.2 Å². The van der Waals surface area contributed by atoms with E-state index in [0.717, 1.165) is 6.20 Å². The molecule has 0 bridgehead atoms. The van der Waals surface area contributed by atoms with Crippen LogP contribution in [0.3, 0.4) is 0 Å². The van der Waals surface area contributed by atoms with E-state index in [2.05, 4.69) is 15.3 Å². The molecule has 0 spiro atoms. The van der Waals surface area contributed by atoms with E-state index < -0.39 is 11.9 Å². The normalized spacial score (nSPS) is 19.2. The highest BCUT2D eigenvalue weighted by Gasteiger charge is 2.32. The number of amides is 1. The molecule has 1 aliphatic heterocycles. The minimum atomic E-state index is -0.633. The predicted octanol–water partition coefficient (Wildman–Crippen LogP) is 0.999. The fraction of sp³-hybridized carbons (Fsp3) is 0.583. The predicted molar refractivity (Wildman–Crippen MR) is 72.2 cm³/mol. The Morgan fingerprint density at radius 3 is 3.10 bits per heavy atom. The number of rotatable bonds is 3. The summed E-state index contributed by atoms with van der Waals surface area (Å²) in [6.07, 6.45) is 0.998. The molecule has 1 aromatic heterocycles. The third kappa shape index (κ3) is 3.34. The van der Waals surface area contributed by atoms with Crippen molar-refractivity contribution in [2.24, 2.45) is 0 Å². The minimum Gasteiger partial charge on any atom is -0.377 e. The van der Waals surface area contributed by atoms with Crippen molar-refractivity contribution in [2.45, 2.75) is 25.9 Å². The van der Waals surface area contributed by atoms with Crippen LogP contribution in [0.25, 0.3) is 0 Å². The van der Waals surface area contributed by atoms with Crippen molar-refractivity contribution >= 4 is 23.3 Å². The fourth-order valence-electron chi connectivity index (χ4n) is 1.99. The van der Waals surface area contributed by atoms with Crippen LogP contribution in [0.1, 0.15) is 13.8 Å². The summed E-state index contributed by atoms with van der Waals surface area (Å²) in [5.41, 5.74) is 0. The summed E-state index contributed by atoms with van der Waals surface area (Å²) in [6.45, 7) is 4.65. The maximum absolute atomic E-state index is 13.9. The fourth-order valence-corrected chi connectivity index (χ4v) is 2.12. The molecule has 1 N–H and O–H groups in total. The lowest BCUT2D eigenvalue weighted by Gasteiger charge is -2.35. The zero-order valence-corrected chi connectivity index (χ0v) is 12.0. The van der Waals surface area contributed by atoms with Gasteiger partial charge in [0.1, 0.15) is 6.04 Å². The van der Waals surface area contributed by atoms with Gasteiger partial charge in [-0.1, -0.05) is 0 Å². The minimum absolute atomic E-state index is 0.00916. The molecule has 2 heterocycles. The summed E-state index contributed by atoms with van der Waals surface area (Å²) in [4.78, 5) is 21.2. The first-order valence-corrected chi connectivity index (χ1v) is 6.69. The maximum atomic E-state index is 13.9. The van der Waals surface area contributed by atoms with E-state index in [1.54, 1.807) is 4.90 Å². The molecule has 2 rings (SSSR count). The van der Waals surface area contributed by atoms with E-state index in [1.165, 1.54) is 0 Å². The molecular weight excluding hydrogens is 287 g/mol. The van der Waals surface area contributed by atoms with Crippen LogP contribution in [-0.4, -0.2) is 47.7 Å². The Hall–Kier alpha value is -1.47. The Labute approximate surface area is 121 Å². The Balaban J connectivity index is 2.26. The summed E-state index contributed by atoms with van der Waals surface area (Å²) >= 11 is 5.70. The second-order valence-corrected chi connectivity index (χ2v) is 5.10. The van der Waals surface area contributed by atoms with E-state index in [0.29, 0.717) is 13.2 Å². The zero-order chi connectivity index (χ0) is 14.7. The van der Waals surface area contributed by atoms with E-state index in [-0.39, 0.29) is 29.7 Å². The molecule has 1 atom stereocenters. The quantitative estimate of drug-likeness (QED) is 0.844. The lowest BCUT2D eigenvalue weighted by molar-refractivity contribution is -0.125. The highest BCUT2D eigenvalue weighted by Crippen LogP contribution is 2.22. The van der Waals surface area contributed by atoms with Gasteiger partial charge in [-0.25, -0.2) is 9.37 Å². The number of hydrogen-bond acceptors (Lipinski definition) is 5. The lowest BCUT2D eigenvalue weighted by atomic mass is 10.2. The highest BCUT2D eigenvalue weighted by molar-refractivity contribution is 6.28. The SMILES string of the molecule is CC(C)NC(=O)C1COCCN1c1nc(Cl)ncc1F. The van der Waals surface area contributed by atoms with Crippen LogP contribution in [0, 0.1) is 5.82 Å². The van der Waals surface area contributed by atoms with Crippen molar-refractivity contribution in [1.29, 1.82) is 0 Å². The van der Waals surface area contributed by atoms with Crippen LogP contribution >= 0.6 is 11.6 Å². The number of aromatic nitrogens is 2. The third-order valence-electron chi connectivity index (χ3n) is 2.83. The molecule has 0 saturated carbocycles. The maximum Gasteiger partial charge on any atom is 0.245 e. The first-order valence-electron chi connectivity index (χ1n) is 6.32. The average Bonchev–Trinajstić information content (AvgIpc) is 2.41. The van der Waals surface area contributed by atoms with E-state index >= 15 is 0 Å². The van der Waals surface area contributed by atoms with E-state index in [1.807, 2.05) is 13.8 Å². The number of nitrogens with zero attached hydrogens (tertiary/aromatic N) is 3. The van der Waals surface area contributed by atoms with Crippen molar-refractivity contribution in [3.63, 3.8) is 0 Å². The van der Waals surface area contributed by atoms with Crippen molar-refractivity contribution in [3.05, 3.63) is 17.3 Å². The second-order valence-electron chi connectivity index (χ2n) is 4.76. The van der Waals surface area contributed by atoms with Crippen molar-refractivity contribution in [2.75, 3.05) is 24.7 Å². The van der Waals surface area contributed by atoms with Crippen LogP contribution in [0.2, 0.25) is 5.28 Å². The molecule has 0 aliphatic carbocycles. The van der Waals surface area contributed by atoms with Crippen LogP contribution in [-0.2, 0) is 9.53 Å². The van der Waals surface area contributed by atoms with Gasteiger partial charge in [-0.05, 0) is 25.4 Å². The van der Waals surface area contributed by atoms with E-state index in [4.69, 9.17) is 16.3 Å². The van der Waals surface area contributed by atoms with Gasteiger partial charge < -0.3 is 15.0 Å². The van der Waals surface area contributed by atoms with Gasteiger partial charge >= 0.3 is 0 Å². The Kier molecular flexibility index (Phi) is 4.72. The molecular formula is C12H16ClFN4O2. The summed E-state index contributed by atoms with van der Waals surface area (Å²) in [6, 6.07) is -0.642. The molecule has 1 unspecified atom stereocenters. The molecule has 0 radical (unpaired) electrons. The number of halogens is 2. The molecule has 8 heteroatoms. The summed E-state index contributed by atoms with van der Waals surface area (Å²) < 4.78 is 19.2. The Morgan fingerprint density at radius 1 is 1.65 bits per heavy atom. The molecule has 1 aromatic rings. The number of carbonyl (C=O) groups is 1. The van der Waals surface area contributed by atoms with Crippen LogP contribution in [0.15, 0.2) is 6.20 Å². The molecule has 110 valence electrons. The summed E-state index contributed by atoms with van der Waals surface area (Å²) in [5, 5.41) is 2.73. The zero-order valence-electron chi connectivity index (χ0n) is 11.3. The van der Waals surface area contributed by atoms with Gasteiger partial charge in [-0.3, -0.25) is 4.79 Å². The number of nitrogens with one attached hydrogen (secondary N) is 1. The monoisotopic (exact) mass is 302 g/mol. The molecule has 20 heavy (non-hydrogen) atoms. The lowest BCUT2D eigenvalue weighted by Crippen LogP contribution is -2.55. The number of anilines is 1. The summed E-state index contributed by atoms with van der Waals surface area (Å²) in [5.74, 6) is -0.815. The van der Waals surface area contributed by atoms with Crippen molar-refractivity contribution < 1.29 is 13.9 Å². The largest absolute Gasteiger partial charge is 0.377 e. The van der Waals surface area contributed by atoms with Crippen molar-refractivity contribution in [3.8, 4) is 0 Å². The van der Waals surface area contributed by atoms with Gasteiger partial charge in [0, 0.05) is 12.6 Å². The van der Waals surface area contributed by atoms with Crippen LogP contribution in [0.4, 0.5) is 10.2 Å². The van der Waals surface area contributed by atoms with Crippen LogP contribution < -0.4 is 10.2 Å². The van der Waals surface area contributed by atoms with Crippen molar-refractivity contribution in [1.82, 2.24) is 15.3 Å². The second kappa shape index (κ2) is 6.32. The number of morpholine rings is 1.